The zero-order chi connectivity index (χ0) is 18.1. The summed E-state index contributed by atoms with van der Waals surface area (Å²) >= 11 is 3.23. The van der Waals surface area contributed by atoms with Gasteiger partial charge in [0.25, 0.3) is 0 Å². The SMILES string of the molecule is O=C(Nc1cc(C(F)(F)F)ccc1Br)C1(c2ccccc2)CCCC1. The molecule has 132 valence electrons. The Morgan fingerprint density at radius 2 is 1.68 bits per heavy atom. The highest BCUT2D eigenvalue weighted by molar-refractivity contribution is 9.10. The second-order valence-electron chi connectivity index (χ2n) is 6.30. The molecule has 6 heteroatoms. The molecule has 0 saturated heterocycles. The van der Waals surface area contributed by atoms with E-state index < -0.39 is 17.2 Å². The summed E-state index contributed by atoms with van der Waals surface area (Å²) in [5, 5.41) is 2.72. The minimum atomic E-state index is -4.45. The molecule has 1 aliphatic carbocycles. The molecule has 0 radical (unpaired) electrons. The lowest BCUT2D eigenvalue weighted by molar-refractivity contribution is -0.137. The fraction of sp³-hybridized carbons (Fsp3) is 0.316. The lowest BCUT2D eigenvalue weighted by Crippen LogP contribution is -2.38. The van der Waals surface area contributed by atoms with Gasteiger partial charge < -0.3 is 5.32 Å². The summed E-state index contributed by atoms with van der Waals surface area (Å²) in [5.74, 6) is -0.253. The van der Waals surface area contributed by atoms with Crippen molar-refractivity contribution >= 4 is 27.5 Å². The zero-order valence-electron chi connectivity index (χ0n) is 13.4. The van der Waals surface area contributed by atoms with Gasteiger partial charge in [-0.15, -0.1) is 0 Å². The number of carbonyl (C=O) groups excluding carboxylic acids is 1. The Morgan fingerprint density at radius 3 is 2.28 bits per heavy atom. The molecule has 0 unspecified atom stereocenters. The van der Waals surface area contributed by atoms with Crippen molar-refractivity contribution in [1.82, 2.24) is 0 Å². The Bertz CT molecular complexity index is 768. The van der Waals surface area contributed by atoms with Crippen LogP contribution in [0.15, 0.2) is 53.0 Å². The first-order chi connectivity index (χ1) is 11.8. The fourth-order valence-corrected chi connectivity index (χ4v) is 3.77. The van der Waals surface area contributed by atoms with E-state index in [0.717, 1.165) is 30.5 Å². The Kier molecular flexibility index (Phi) is 4.91. The van der Waals surface area contributed by atoms with Crippen LogP contribution in [0.2, 0.25) is 0 Å². The van der Waals surface area contributed by atoms with Gasteiger partial charge in [0.15, 0.2) is 0 Å². The Balaban J connectivity index is 1.93. The van der Waals surface area contributed by atoms with Crippen LogP contribution < -0.4 is 5.32 Å². The number of hydrogen-bond donors (Lipinski definition) is 1. The normalized spacial score (nSPS) is 16.6. The minimum absolute atomic E-state index is 0.141. The van der Waals surface area contributed by atoms with Crippen molar-refractivity contribution in [2.24, 2.45) is 0 Å². The van der Waals surface area contributed by atoms with Crippen molar-refractivity contribution in [2.75, 3.05) is 5.32 Å². The van der Waals surface area contributed by atoms with E-state index in [9.17, 15) is 18.0 Å². The van der Waals surface area contributed by atoms with Gasteiger partial charge in [0.05, 0.1) is 16.7 Å². The third-order valence-electron chi connectivity index (χ3n) is 4.76. The Morgan fingerprint density at radius 1 is 1.04 bits per heavy atom. The summed E-state index contributed by atoms with van der Waals surface area (Å²) in [6.45, 7) is 0. The topological polar surface area (TPSA) is 29.1 Å². The molecule has 0 atom stereocenters. The number of carbonyl (C=O) groups is 1. The highest BCUT2D eigenvalue weighted by Crippen LogP contribution is 2.43. The number of benzene rings is 2. The highest BCUT2D eigenvalue weighted by Gasteiger charge is 2.43. The summed E-state index contributed by atoms with van der Waals surface area (Å²) in [7, 11) is 0. The van der Waals surface area contributed by atoms with Gasteiger partial charge in [-0.05, 0) is 52.5 Å². The van der Waals surface area contributed by atoms with Crippen molar-refractivity contribution in [2.45, 2.75) is 37.3 Å². The smallest absolute Gasteiger partial charge is 0.324 e. The van der Waals surface area contributed by atoms with Gasteiger partial charge in [-0.3, -0.25) is 4.79 Å². The molecule has 1 N–H and O–H groups in total. The predicted molar refractivity (Wildman–Crippen MR) is 94.4 cm³/mol. The monoisotopic (exact) mass is 411 g/mol. The minimum Gasteiger partial charge on any atom is -0.324 e. The van der Waals surface area contributed by atoms with Crippen LogP contribution in [0.5, 0.6) is 0 Å². The van der Waals surface area contributed by atoms with E-state index in [-0.39, 0.29) is 11.6 Å². The maximum Gasteiger partial charge on any atom is 0.416 e. The first kappa shape index (κ1) is 18.0. The molecular weight excluding hydrogens is 395 g/mol. The fourth-order valence-electron chi connectivity index (χ4n) is 3.42. The van der Waals surface area contributed by atoms with Gasteiger partial charge in [-0.2, -0.15) is 13.2 Å². The molecule has 0 aromatic heterocycles. The van der Waals surface area contributed by atoms with Gasteiger partial charge in [-0.1, -0.05) is 43.2 Å². The summed E-state index contributed by atoms with van der Waals surface area (Å²) in [6, 6.07) is 12.7. The van der Waals surface area contributed by atoms with Gasteiger partial charge in [0, 0.05) is 4.47 Å². The van der Waals surface area contributed by atoms with Crippen LogP contribution >= 0.6 is 15.9 Å². The molecule has 1 aliphatic rings. The molecule has 1 amide bonds. The number of halogens is 4. The van der Waals surface area contributed by atoms with Crippen molar-refractivity contribution < 1.29 is 18.0 Å². The van der Waals surface area contributed by atoms with E-state index in [1.54, 1.807) is 0 Å². The van der Waals surface area contributed by atoms with Gasteiger partial charge in [-0.25, -0.2) is 0 Å². The third-order valence-corrected chi connectivity index (χ3v) is 5.45. The van der Waals surface area contributed by atoms with Crippen LogP contribution in [0.3, 0.4) is 0 Å². The van der Waals surface area contributed by atoms with E-state index in [2.05, 4.69) is 21.2 Å². The first-order valence-corrected chi connectivity index (χ1v) is 8.86. The second-order valence-corrected chi connectivity index (χ2v) is 7.16. The molecule has 0 spiro atoms. The quantitative estimate of drug-likeness (QED) is 0.667. The molecule has 1 saturated carbocycles. The van der Waals surface area contributed by atoms with Crippen LogP contribution in [0.1, 0.15) is 36.8 Å². The van der Waals surface area contributed by atoms with Crippen LogP contribution in [-0.2, 0) is 16.4 Å². The van der Waals surface area contributed by atoms with E-state index in [1.807, 2.05) is 30.3 Å². The molecule has 2 nitrogen and oxygen atoms in total. The van der Waals surface area contributed by atoms with Crippen molar-refractivity contribution in [3.8, 4) is 0 Å². The van der Waals surface area contributed by atoms with Crippen LogP contribution in [0.4, 0.5) is 18.9 Å². The first-order valence-electron chi connectivity index (χ1n) is 8.07. The number of nitrogens with one attached hydrogen (secondary N) is 1. The molecule has 3 rings (SSSR count). The lowest BCUT2D eigenvalue weighted by atomic mass is 9.78. The van der Waals surface area contributed by atoms with Crippen molar-refractivity contribution in [3.05, 3.63) is 64.1 Å². The average molecular weight is 412 g/mol. The molecule has 2 aromatic rings. The molecule has 0 bridgehead atoms. The second kappa shape index (κ2) is 6.83. The van der Waals surface area contributed by atoms with Crippen molar-refractivity contribution in [3.63, 3.8) is 0 Å². The van der Waals surface area contributed by atoms with Gasteiger partial charge >= 0.3 is 6.18 Å². The van der Waals surface area contributed by atoms with E-state index in [1.165, 1.54) is 6.07 Å². The molecular formula is C19H17BrF3NO. The number of amides is 1. The number of alkyl halides is 3. The highest BCUT2D eigenvalue weighted by atomic mass is 79.9. The third kappa shape index (κ3) is 3.59. The average Bonchev–Trinajstić information content (AvgIpc) is 3.07. The molecule has 25 heavy (non-hydrogen) atoms. The van der Waals surface area contributed by atoms with Crippen LogP contribution in [0, 0.1) is 0 Å². The Hall–Kier alpha value is -1.82. The Labute approximate surface area is 152 Å². The lowest BCUT2D eigenvalue weighted by Gasteiger charge is -2.28. The van der Waals surface area contributed by atoms with Crippen LogP contribution in [0.25, 0.3) is 0 Å². The van der Waals surface area contributed by atoms with Crippen LogP contribution in [-0.4, -0.2) is 5.91 Å². The van der Waals surface area contributed by atoms with Gasteiger partial charge in [0.2, 0.25) is 5.91 Å². The van der Waals surface area contributed by atoms with Crippen molar-refractivity contribution in [1.29, 1.82) is 0 Å². The van der Waals surface area contributed by atoms with E-state index in [0.29, 0.717) is 17.3 Å². The maximum atomic E-state index is 13.0. The molecule has 0 heterocycles. The molecule has 1 fully saturated rings. The number of anilines is 1. The zero-order valence-corrected chi connectivity index (χ0v) is 15.0. The van der Waals surface area contributed by atoms with Gasteiger partial charge in [0.1, 0.15) is 0 Å². The number of hydrogen-bond acceptors (Lipinski definition) is 1. The maximum absolute atomic E-state index is 13.0. The molecule has 2 aromatic carbocycles. The number of rotatable bonds is 3. The van der Waals surface area contributed by atoms with E-state index >= 15 is 0 Å². The summed E-state index contributed by atoms with van der Waals surface area (Å²) < 4.78 is 39.3. The molecule has 0 aliphatic heterocycles. The van der Waals surface area contributed by atoms with E-state index in [4.69, 9.17) is 0 Å². The predicted octanol–water partition coefficient (Wildman–Crippen LogP) is 5.92. The summed E-state index contributed by atoms with van der Waals surface area (Å²) in [6.07, 6.45) is -1.22. The summed E-state index contributed by atoms with van der Waals surface area (Å²) in [5.41, 5.74) is -0.420. The summed E-state index contributed by atoms with van der Waals surface area (Å²) in [4.78, 5) is 13.0. The largest absolute Gasteiger partial charge is 0.416 e. The standard InChI is InChI=1S/C19H17BrF3NO/c20-15-9-8-14(19(21,22)23)12-16(15)24-17(25)18(10-4-5-11-18)13-6-2-1-3-7-13/h1-3,6-9,12H,4-5,10-11H2,(H,24,25).